The van der Waals surface area contributed by atoms with Crippen LogP contribution < -0.4 is 4.90 Å². The van der Waals surface area contributed by atoms with Gasteiger partial charge >= 0.3 is 0 Å². The van der Waals surface area contributed by atoms with Crippen molar-refractivity contribution in [2.75, 3.05) is 24.6 Å². The molecule has 0 aliphatic carbocycles. The van der Waals surface area contributed by atoms with Crippen molar-refractivity contribution in [3.8, 4) is 0 Å². The van der Waals surface area contributed by atoms with Gasteiger partial charge in [-0.05, 0) is 37.7 Å². The second kappa shape index (κ2) is 5.69. The highest BCUT2D eigenvalue weighted by atomic mass is 28.4. The van der Waals surface area contributed by atoms with E-state index in [9.17, 15) is 0 Å². The average molecular weight is 249 g/mol. The molecule has 1 saturated heterocycles. The van der Waals surface area contributed by atoms with Crippen molar-refractivity contribution >= 4 is 14.0 Å². The molecule has 0 aromatic heterocycles. The van der Waals surface area contributed by atoms with E-state index in [-0.39, 0.29) is 0 Å². The molecule has 0 atom stereocenters. The molecule has 1 aromatic rings. The van der Waals surface area contributed by atoms with Gasteiger partial charge in [-0.2, -0.15) is 0 Å². The van der Waals surface area contributed by atoms with Gasteiger partial charge in [0.25, 0.3) is 0 Å². The topological polar surface area (TPSA) is 12.5 Å². The van der Waals surface area contributed by atoms with Gasteiger partial charge in [-0.15, -0.1) is 0 Å². The molecule has 0 radical (unpaired) electrons. The summed E-state index contributed by atoms with van der Waals surface area (Å²) in [4.78, 5) is 2.45. The molecule has 0 spiro atoms. The summed E-state index contributed by atoms with van der Waals surface area (Å²) in [7, 11) is -1.36. The molecular weight excluding hydrogens is 226 g/mol. The summed E-state index contributed by atoms with van der Waals surface area (Å²) in [5.41, 5.74) is 1.33. The first kappa shape index (κ1) is 12.6. The van der Waals surface area contributed by atoms with Gasteiger partial charge in [0.15, 0.2) is 8.32 Å². The molecule has 1 aliphatic rings. The molecule has 0 N–H and O–H groups in total. The number of nitrogens with zero attached hydrogens (tertiary/aromatic N) is 1. The second-order valence-corrected chi connectivity index (χ2v) is 9.70. The summed E-state index contributed by atoms with van der Waals surface area (Å²) in [5, 5.41) is 0. The number of benzene rings is 1. The maximum Gasteiger partial charge on any atom is 0.186 e. The number of hydrogen-bond acceptors (Lipinski definition) is 2. The zero-order valence-corrected chi connectivity index (χ0v) is 12.0. The van der Waals surface area contributed by atoms with Crippen LogP contribution in [0.4, 0.5) is 5.69 Å². The first-order valence-corrected chi connectivity index (χ1v) is 9.73. The van der Waals surface area contributed by atoms with Crippen LogP contribution in [0.2, 0.25) is 19.1 Å². The molecule has 2 rings (SSSR count). The lowest BCUT2D eigenvalue weighted by atomic mass is 10.2. The summed E-state index contributed by atoms with van der Waals surface area (Å²) in [6, 6.07) is 12.0. The van der Waals surface area contributed by atoms with Gasteiger partial charge in [-0.25, -0.2) is 0 Å². The highest BCUT2D eigenvalue weighted by molar-refractivity contribution is 6.71. The van der Waals surface area contributed by atoms with Crippen LogP contribution in [0.1, 0.15) is 12.8 Å². The highest BCUT2D eigenvalue weighted by Crippen LogP contribution is 2.20. The first-order chi connectivity index (χ1) is 8.17. The lowest BCUT2D eigenvalue weighted by molar-refractivity contribution is 0.316. The number of para-hydroxylation sites is 1. The molecule has 3 heteroatoms. The predicted molar refractivity (Wildman–Crippen MR) is 76.1 cm³/mol. The minimum Gasteiger partial charge on any atom is -0.416 e. The van der Waals surface area contributed by atoms with Gasteiger partial charge in [0.05, 0.1) is 6.61 Å². The monoisotopic (exact) mass is 249 g/mol. The van der Waals surface area contributed by atoms with Crippen LogP contribution in [-0.4, -0.2) is 28.0 Å². The van der Waals surface area contributed by atoms with E-state index in [1.807, 2.05) is 0 Å². The van der Waals surface area contributed by atoms with Gasteiger partial charge in [0, 0.05) is 18.8 Å². The van der Waals surface area contributed by atoms with E-state index in [1.165, 1.54) is 24.6 Å². The van der Waals surface area contributed by atoms with E-state index >= 15 is 0 Å². The van der Waals surface area contributed by atoms with Crippen LogP contribution in [0, 0.1) is 0 Å². The van der Waals surface area contributed by atoms with E-state index in [0.717, 1.165) is 19.7 Å². The van der Waals surface area contributed by atoms with Crippen LogP contribution >= 0.6 is 0 Å². The quantitative estimate of drug-likeness (QED) is 0.706. The zero-order chi connectivity index (χ0) is 12.1. The van der Waals surface area contributed by atoms with E-state index < -0.39 is 8.32 Å². The van der Waals surface area contributed by atoms with Crippen molar-refractivity contribution < 1.29 is 4.43 Å². The van der Waals surface area contributed by atoms with Crippen LogP contribution in [0.3, 0.4) is 0 Å². The lowest BCUT2D eigenvalue weighted by Crippen LogP contribution is -2.33. The van der Waals surface area contributed by atoms with Gasteiger partial charge in [-0.3, -0.25) is 0 Å². The van der Waals surface area contributed by atoms with Crippen molar-refractivity contribution in [1.29, 1.82) is 0 Å². The average Bonchev–Trinajstić information content (AvgIpc) is 2.40. The number of hydrogen-bond donors (Lipinski definition) is 0. The van der Waals surface area contributed by atoms with Crippen LogP contribution in [0.25, 0.3) is 0 Å². The molecule has 1 aromatic carbocycles. The SMILES string of the molecule is C[Si]1(C)CCCCN(c2ccccc2)CCO1. The normalized spacial score (nSPS) is 21.4. The van der Waals surface area contributed by atoms with Crippen molar-refractivity contribution in [1.82, 2.24) is 0 Å². The molecule has 0 bridgehead atoms. The number of rotatable bonds is 1. The summed E-state index contributed by atoms with van der Waals surface area (Å²) >= 11 is 0. The Morgan fingerprint density at radius 1 is 1.06 bits per heavy atom. The molecule has 1 aliphatic heterocycles. The third kappa shape index (κ3) is 3.86. The fourth-order valence-corrected chi connectivity index (χ4v) is 4.26. The molecule has 0 unspecified atom stereocenters. The van der Waals surface area contributed by atoms with Crippen molar-refractivity contribution in [3.05, 3.63) is 30.3 Å². The first-order valence-electron chi connectivity index (χ1n) is 6.61. The van der Waals surface area contributed by atoms with Crippen molar-refractivity contribution in [2.45, 2.75) is 32.0 Å². The van der Waals surface area contributed by atoms with E-state index in [4.69, 9.17) is 4.43 Å². The van der Waals surface area contributed by atoms with Crippen LogP contribution in [0.5, 0.6) is 0 Å². The minimum atomic E-state index is -1.36. The summed E-state index contributed by atoms with van der Waals surface area (Å²) in [6.07, 6.45) is 2.59. The second-order valence-electron chi connectivity index (χ2n) is 5.39. The Morgan fingerprint density at radius 3 is 2.59 bits per heavy atom. The molecule has 1 fully saturated rings. The maximum absolute atomic E-state index is 6.10. The lowest BCUT2D eigenvalue weighted by Gasteiger charge is -2.25. The largest absolute Gasteiger partial charge is 0.416 e. The Kier molecular flexibility index (Phi) is 4.24. The molecule has 2 nitrogen and oxygen atoms in total. The highest BCUT2D eigenvalue weighted by Gasteiger charge is 2.23. The van der Waals surface area contributed by atoms with Crippen molar-refractivity contribution in [3.63, 3.8) is 0 Å². The Balaban J connectivity index is 2.00. The molecule has 1 heterocycles. The smallest absolute Gasteiger partial charge is 0.186 e. The van der Waals surface area contributed by atoms with Gasteiger partial charge in [0.1, 0.15) is 0 Å². The predicted octanol–water partition coefficient (Wildman–Crippen LogP) is 3.51. The van der Waals surface area contributed by atoms with Crippen LogP contribution in [-0.2, 0) is 4.43 Å². The number of anilines is 1. The molecule has 0 saturated carbocycles. The summed E-state index contributed by atoms with van der Waals surface area (Å²) in [6.45, 7) is 7.75. The molecule has 17 heavy (non-hydrogen) atoms. The summed E-state index contributed by atoms with van der Waals surface area (Å²) in [5.74, 6) is 0. The third-order valence-corrected chi connectivity index (χ3v) is 5.98. The van der Waals surface area contributed by atoms with Gasteiger partial charge in [-0.1, -0.05) is 24.6 Å². The molecular formula is C14H23NOSi. The Bertz CT molecular complexity index is 339. The Morgan fingerprint density at radius 2 is 1.82 bits per heavy atom. The van der Waals surface area contributed by atoms with Gasteiger partial charge < -0.3 is 9.33 Å². The Labute approximate surface area is 106 Å². The van der Waals surface area contributed by atoms with Crippen molar-refractivity contribution in [2.24, 2.45) is 0 Å². The fourth-order valence-electron chi connectivity index (χ4n) is 2.37. The standard InChI is InChI=1S/C14H23NOSi/c1-17(2)13-7-6-10-15(11-12-16-17)14-8-4-3-5-9-14/h3-5,8-9H,6-7,10-13H2,1-2H3. The minimum absolute atomic E-state index is 0.883. The van der Waals surface area contributed by atoms with Crippen LogP contribution in [0.15, 0.2) is 30.3 Å². The maximum atomic E-state index is 6.10. The van der Waals surface area contributed by atoms with E-state index in [0.29, 0.717) is 0 Å². The van der Waals surface area contributed by atoms with E-state index in [2.05, 4.69) is 48.3 Å². The zero-order valence-electron chi connectivity index (χ0n) is 11.0. The van der Waals surface area contributed by atoms with E-state index in [1.54, 1.807) is 0 Å². The Hall–Kier alpha value is -0.803. The summed E-state index contributed by atoms with van der Waals surface area (Å²) < 4.78 is 6.10. The molecule has 0 amide bonds. The van der Waals surface area contributed by atoms with Gasteiger partial charge in [0.2, 0.25) is 0 Å². The fraction of sp³-hybridized carbons (Fsp3) is 0.571. The molecule has 94 valence electrons. The third-order valence-electron chi connectivity index (χ3n) is 3.43.